The first-order valence-corrected chi connectivity index (χ1v) is 11.9. The molecule has 0 amide bonds. The average Bonchev–Trinajstić information content (AvgIpc) is 3.24. The minimum atomic E-state index is -4.03. The molecule has 1 aromatic heterocycles. The zero-order valence-electron chi connectivity index (χ0n) is 16.9. The van der Waals surface area contributed by atoms with Crippen molar-refractivity contribution >= 4 is 50.1 Å². The van der Waals surface area contributed by atoms with E-state index in [1.165, 1.54) is 18.4 Å². The van der Waals surface area contributed by atoms with Gasteiger partial charge in [-0.2, -0.15) is 12.2 Å². The molecule has 0 spiro atoms. The topological polar surface area (TPSA) is 72.2 Å². The second-order valence-corrected chi connectivity index (χ2v) is 9.95. The molecule has 0 unspecified atom stereocenters. The van der Waals surface area contributed by atoms with Crippen molar-refractivity contribution in [2.75, 3.05) is 43.3 Å². The minimum Gasteiger partial charge on any atom is -0.488 e. The first-order chi connectivity index (χ1) is 14.9. The number of hydrogen-bond donors (Lipinski definition) is 0. The monoisotopic (exact) mass is 484 g/mol. The maximum Gasteiger partial charge on any atom is 0.278 e. The second kappa shape index (κ2) is 9.26. The Morgan fingerprint density at radius 3 is 2.68 bits per heavy atom. The van der Waals surface area contributed by atoms with Crippen LogP contribution in [0.15, 0.2) is 52.0 Å². The van der Waals surface area contributed by atoms with Gasteiger partial charge in [0, 0.05) is 47.9 Å². The SMILES string of the molecule is Cc1ccc(S(=O)(=O)N(Cl)c2cc(OCCN3CCOCC3)c3occc3c2)cc1Cl. The molecule has 1 saturated heterocycles. The summed E-state index contributed by atoms with van der Waals surface area (Å²) < 4.78 is 43.7. The van der Waals surface area contributed by atoms with Crippen LogP contribution in [0.2, 0.25) is 5.02 Å². The lowest BCUT2D eigenvalue weighted by Gasteiger charge is -2.26. The fourth-order valence-corrected chi connectivity index (χ4v) is 4.97. The van der Waals surface area contributed by atoms with Crippen LogP contribution in [0.5, 0.6) is 5.75 Å². The van der Waals surface area contributed by atoms with Crippen molar-refractivity contribution < 1.29 is 22.3 Å². The smallest absolute Gasteiger partial charge is 0.278 e. The van der Waals surface area contributed by atoms with Crippen LogP contribution in [0.4, 0.5) is 5.69 Å². The van der Waals surface area contributed by atoms with E-state index in [1.54, 1.807) is 31.2 Å². The maximum absolute atomic E-state index is 13.1. The molecule has 166 valence electrons. The number of morpholine rings is 1. The largest absolute Gasteiger partial charge is 0.488 e. The van der Waals surface area contributed by atoms with Gasteiger partial charge in [-0.1, -0.05) is 17.7 Å². The quantitative estimate of drug-likeness (QED) is 0.461. The summed E-state index contributed by atoms with van der Waals surface area (Å²) in [6, 6.07) is 9.42. The Bertz CT molecular complexity index is 1180. The first-order valence-electron chi connectivity index (χ1n) is 9.78. The van der Waals surface area contributed by atoms with Crippen molar-refractivity contribution in [3.05, 3.63) is 53.2 Å². The zero-order chi connectivity index (χ0) is 22.0. The van der Waals surface area contributed by atoms with Crippen LogP contribution in [0.25, 0.3) is 11.0 Å². The molecule has 2 heterocycles. The highest BCUT2D eigenvalue weighted by molar-refractivity contribution is 7.94. The van der Waals surface area contributed by atoms with Gasteiger partial charge in [0.05, 0.1) is 30.1 Å². The lowest BCUT2D eigenvalue weighted by atomic mass is 10.2. The number of furan rings is 1. The second-order valence-electron chi connectivity index (χ2n) is 7.22. The fourth-order valence-electron chi connectivity index (χ4n) is 3.32. The van der Waals surface area contributed by atoms with Crippen LogP contribution in [-0.2, 0) is 14.8 Å². The van der Waals surface area contributed by atoms with Gasteiger partial charge in [0.1, 0.15) is 6.61 Å². The Hall–Kier alpha value is -1.97. The number of sulfonamides is 1. The highest BCUT2D eigenvalue weighted by atomic mass is 35.5. The van der Waals surface area contributed by atoms with Crippen LogP contribution in [0, 0.1) is 6.92 Å². The number of fused-ring (bicyclic) bond motifs is 1. The van der Waals surface area contributed by atoms with E-state index in [-0.39, 0.29) is 10.6 Å². The lowest BCUT2D eigenvalue weighted by Crippen LogP contribution is -2.38. The van der Waals surface area contributed by atoms with E-state index in [4.69, 9.17) is 37.3 Å². The van der Waals surface area contributed by atoms with Crippen molar-refractivity contribution in [2.45, 2.75) is 11.8 Å². The molecule has 0 bridgehead atoms. The molecule has 0 saturated carbocycles. The van der Waals surface area contributed by atoms with Gasteiger partial charge in [0.2, 0.25) is 0 Å². The third-order valence-corrected chi connectivity index (χ3v) is 7.76. The van der Waals surface area contributed by atoms with Gasteiger partial charge in [0.25, 0.3) is 10.0 Å². The Morgan fingerprint density at radius 2 is 1.94 bits per heavy atom. The van der Waals surface area contributed by atoms with E-state index in [0.29, 0.717) is 45.4 Å². The Balaban J connectivity index is 1.58. The molecule has 31 heavy (non-hydrogen) atoms. The molecular weight excluding hydrogens is 463 g/mol. The summed E-state index contributed by atoms with van der Waals surface area (Å²) in [7, 11) is -4.03. The Morgan fingerprint density at radius 1 is 1.16 bits per heavy atom. The van der Waals surface area contributed by atoms with Crippen LogP contribution in [0.3, 0.4) is 0 Å². The normalized spacial score (nSPS) is 15.3. The zero-order valence-corrected chi connectivity index (χ0v) is 19.2. The van der Waals surface area contributed by atoms with E-state index in [0.717, 1.165) is 25.2 Å². The van der Waals surface area contributed by atoms with Crippen LogP contribution in [-0.4, -0.2) is 52.8 Å². The molecule has 2 aromatic carbocycles. The van der Waals surface area contributed by atoms with Gasteiger partial charge in [-0.15, -0.1) is 0 Å². The fraction of sp³-hybridized carbons (Fsp3) is 0.333. The number of aryl methyl sites for hydroxylation is 1. The van der Waals surface area contributed by atoms with Crippen LogP contribution in [0.1, 0.15) is 5.56 Å². The summed E-state index contributed by atoms with van der Waals surface area (Å²) >= 11 is 12.4. The number of nitrogens with zero attached hydrogens (tertiary/aromatic N) is 2. The number of ether oxygens (including phenoxy) is 2. The molecule has 1 fully saturated rings. The molecule has 0 N–H and O–H groups in total. The molecule has 0 aliphatic carbocycles. The number of anilines is 1. The number of halogens is 2. The highest BCUT2D eigenvalue weighted by Crippen LogP contribution is 2.36. The first kappa shape index (κ1) is 22.2. The third-order valence-electron chi connectivity index (χ3n) is 5.13. The van der Waals surface area contributed by atoms with Gasteiger partial charge in [0.15, 0.2) is 11.3 Å². The molecule has 4 rings (SSSR count). The van der Waals surface area contributed by atoms with Crippen molar-refractivity contribution in [1.29, 1.82) is 0 Å². The van der Waals surface area contributed by atoms with E-state index in [9.17, 15) is 8.42 Å². The highest BCUT2D eigenvalue weighted by Gasteiger charge is 2.26. The molecule has 3 aromatic rings. The van der Waals surface area contributed by atoms with Crippen molar-refractivity contribution in [2.24, 2.45) is 0 Å². The van der Waals surface area contributed by atoms with E-state index in [1.807, 2.05) is 0 Å². The van der Waals surface area contributed by atoms with Gasteiger partial charge in [-0.25, -0.2) is 0 Å². The van der Waals surface area contributed by atoms with E-state index in [2.05, 4.69) is 4.90 Å². The van der Waals surface area contributed by atoms with Crippen LogP contribution >= 0.6 is 23.4 Å². The molecule has 10 heteroatoms. The maximum atomic E-state index is 13.1. The third kappa shape index (κ3) is 4.78. The standard InChI is InChI=1S/C21H22Cl2N2O5S/c1-15-2-3-18(14-19(15)22)31(26,27)25(23)17-12-16-4-8-30-21(16)20(13-17)29-11-7-24-5-9-28-10-6-24/h2-4,8,12-14H,5-7,9-11H2,1H3. The van der Waals surface area contributed by atoms with Crippen molar-refractivity contribution in [3.63, 3.8) is 0 Å². The lowest BCUT2D eigenvalue weighted by molar-refractivity contribution is 0.0323. The predicted molar refractivity (Wildman–Crippen MR) is 121 cm³/mol. The number of benzene rings is 2. The van der Waals surface area contributed by atoms with Crippen molar-refractivity contribution in [1.82, 2.24) is 4.90 Å². The summed E-state index contributed by atoms with van der Waals surface area (Å²) in [6.45, 7) is 6.06. The molecule has 1 aliphatic rings. The Kier molecular flexibility index (Phi) is 6.64. The van der Waals surface area contributed by atoms with E-state index < -0.39 is 10.0 Å². The van der Waals surface area contributed by atoms with Crippen molar-refractivity contribution in [3.8, 4) is 5.75 Å². The summed E-state index contributed by atoms with van der Waals surface area (Å²) in [4.78, 5) is 2.24. The molecule has 0 radical (unpaired) electrons. The van der Waals surface area contributed by atoms with Crippen LogP contribution < -0.4 is 8.56 Å². The predicted octanol–water partition coefficient (Wildman–Crippen LogP) is 4.45. The number of hydrogen-bond acceptors (Lipinski definition) is 6. The van der Waals surface area contributed by atoms with E-state index >= 15 is 0 Å². The summed E-state index contributed by atoms with van der Waals surface area (Å²) in [5.74, 6) is 0.425. The summed E-state index contributed by atoms with van der Waals surface area (Å²) in [5, 5.41) is 1.03. The summed E-state index contributed by atoms with van der Waals surface area (Å²) in [6.07, 6.45) is 1.52. The molecule has 0 atom stereocenters. The molecular formula is C21H22Cl2N2O5S. The van der Waals surface area contributed by atoms with Gasteiger partial charge < -0.3 is 13.9 Å². The van der Waals surface area contributed by atoms with Gasteiger partial charge in [-0.05, 0) is 36.8 Å². The van der Waals surface area contributed by atoms with Gasteiger partial charge in [-0.3, -0.25) is 4.90 Å². The number of rotatable bonds is 7. The summed E-state index contributed by atoms with van der Waals surface area (Å²) in [5.41, 5.74) is 1.55. The molecule has 1 aliphatic heterocycles. The Labute approximate surface area is 191 Å². The molecule has 7 nitrogen and oxygen atoms in total. The minimum absolute atomic E-state index is 0.000163. The average molecular weight is 485 g/mol. The van der Waals surface area contributed by atoms with Gasteiger partial charge >= 0.3 is 0 Å².